The molecule has 176 valence electrons. The molecule has 0 amide bonds. The number of hydrogen-bond donors (Lipinski definition) is 1. The van der Waals surface area contributed by atoms with Crippen molar-refractivity contribution in [3.63, 3.8) is 0 Å². The Labute approximate surface area is 191 Å². The Balaban J connectivity index is 0.000000323. The molecule has 0 aromatic heterocycles. The zero-order chi connectivity index (χ0) is 23.3. The molecule has 2 aromatic rings. The fraction of sp³-hybridized carbons (Fsp3) is 0.500. The Morgan fingerprint density at radius 3 is 1.59 bits per heavy atom. The summed E-state index contributed by atoms with van der Waals surface area (Å²) in [6, 6.07) is 16.3. The van der Waals surface area contributed by atoms with Gasteiger partial charge in [0.1, 0.15) is 0 Å². The second-order valence-electron chi connectivity index (χ2n) is 6.76. The van der Waals surface area contributed by atoms with Crippen molar-refractivity contribution in [2.45, 2.75) is 40.3 Å². The average Bonchev–Trinajstić information content (AvgIpc) is 2.82. The lowest BCUT2D eigenvalue weighted by Gasteiger charge is -2.06. The Kier molecular flexibility index (Phi) is 16.6. The molecule has 8 heteroatoms. The summed E-state index contributed by atoms with van der Waals surface area (Å²) >= 11 is 0. The van der Waals surface area contributed by atoms with Crippen LogP contribution in [-0.2, 0) is 45.4 Å². The highest BCUT2D eigenvalue weighted by Gasteiger charge is 1.97. The molecule has 0 aliphatic carbocycles. The number of hydrogen-bond acceptors (Lipinski definition) is 6. The summed E-state index contributed by atoms with van der Waals surface area (Å²) in [7, 11) is 0. The van der Waals surface area contributed by atoms with Crippen LogP contribution in [0.4, 0.5) is 0 Å². The Morgan fingerprint density at radius 1 is 0.750 bits per heavy atom. The van der Waals surface area contributed by atoms with Crippen LogP contribution in [0.2, 0.25) is 0 Å². The zero-order valence-corrected chi connectivity index (χ0v) is 19.2. The van der Waals surface area contributed by atoms with Crippen LogP contribution in [-0.4, -0.2) is 39.5 Å². The highest BCUT2D eigenvalue weighted by molar-refractivity contribution is 5.23. The van der Waals surface area contributed by atoms with Gasteiger partial charge >= 0.3 is 0 Å². The van der Waals surface area contributed by atoms with Gasteiger partial charge in [-0.25, -0.2) is 0 Å². The maximum Gasteiger partial charge on any atom is 0.0717 e. The molecule has 0 bridgehead atoms. The summed E-state index contributed by atoms with van der Waals surface area (Å²) in [4.78, 5) is 2.66. The van der Waals surface area contributed by atoms with Gasteiger partial charge in [-0.2, -0.15) is 0 Å². The molecule has 0 saturated heterocycles. The first-order valence-electron chi connectivity index (χ1n) is 10.9. The van der Waals surface area contributed by atoms with E-state index in [9.17, 15) is 0 Å². The first-order valence-corrected chi connectivity index (χ1v) is 10.9. The Bertz CT molecular complexity index is 782. The largest absolute Gasteiger partial charge is 0.377 e. The van der Waals surface area contributed by atoms with Crippen LogP contribution < -0.4 is 5.73 Å². The van der Waals surface area contributed by atoms with E-state index in [0.29, 0.717) is 59.3 Å². The smallest absolute Gasteiger partial charge is 0.0717 e. The predicted octanol–water partition coefficient (Wildman–Crippen LogP) is 4.75. The number of ether oxygens (including phenoxy) is 4. The van der Waals surface area contributed by atoms with Crippen molar-refractivity contribution in [3.8, 4) is 0 Å². The van der Waals surface area contributed by atoms with Gasteiger partial charge in [0, 0.05) is 31.2 Å². The van der Waals surface area contributed by atoms with Gasteiger partial charge in [-0.3, -0.25) is 0 Å². The van der Waals surface area contributed by atoms with E-state index in [4.69, 9.17) is 30.2 Å². The van der Waals surface area contributed by atoms with Crippen LogP contribution in [0.1, 0.15) is 36.1 Å². The van der Waals surface area contributed by atoms with Gasteiger partial charge in [-0.15, -0.1) is 0 Å². The highest BCUT2D eigenvalue weighted by Crippen LogP contribution is 2.09. The standard InChI is InChI=1S/C12H17N3O2.C12H19NO2/c1-2-16-9-11-4-3-5-12(8-11)10-17-7-6-14-15-13;1-2-14-9-11-4-3-5-12(8-11)10-15-7-6-13/h3-5,8H,2,6-7,9-10H2,1H3;3-5,8H,2,6-7,9-10,13H2,1H3. The molecule has 8 nitrogen and oxygen atoms in total. The van der Waals surface area contributed by atoms with Gasteiger partial charge in [0.05, 0.1) is 39.6 Å². The number of nitrogens with two attached hydrogens (primary N) is 1. The molecule has 2 N–H and O–H groups in total. The van der Waals surface area contributed by atoms with E-state index in [2.05, 4.69) is 28.2 Å². The molecule has 2 aromatic carbocycles. The molecule has 0 aliphatic rings. The minimum Gasteiger partial charge on any atom is -0.377 e. The third-order valence-electron chi connectivity index (χ3n) is 4.13. The zero-order valence-electron chi connectivity index (χ0n) is 19.2. The summed E-state index contributed by atoms with van der Waals surface area (Å²) in [5, 5.41) is 3.40. The van der Waals surface area contributed by atoms with E-state index >= 15 is 0 Å². The third-order valence-corrected chi connectivity index (χ3v) is 4.13. The molecule has 0 atom stereocenters. The first kappa shape index (κ1) is 27.6. The number of nitrogens with zero attached hydrogens (tertiary/aromatic N) is 3. The maximum absolute atomic E-state index is 8.09. The number of rotatable bonds is 15. The van der Waals surface area contributed by atoms with Crippen molar-refractivity contribution < 1.29 is 18.9 Å². The molecule has 0 fully saturated rings. The summed E-state index contributed by atoms with van der Waals surface area (Å²) in [5.74, 6) is 0. The topological polar surface area (TPSA) is 112 Å². The predicted molar refractivity (Wildman–Crippen MR) is 126 cm³/mol. The van der Waals surface area contributed by atoms with Crippen LogP contribution in [0, 0.1) is 0 Å². The minimum atomic E-state index is 0.370. The molecule has 0 radical (unpaired) electrons. The van der Waals surface area contributed by atoms with Crippen molar-refractivity contribution in [1.29, 1.82) is 0 Å². The van der Waals surface area contributed by atoms with E-state index in [1.54, 1.807) is 0 Å². The lowest BCUT2D eigenvalue weighted by atomic mass is 10.1. The second-order valence-corrected chi connectivity index (χ2v) is 6.76. The number of azide groups is 1. The van der Waals surface area contributed by atoms with Gasteiger partial charge in [0.2, 0.25) is 0 Å². The van der Waals surface area contributed by atoms with Crippen molar-refractivity contribution in [2.75, 3.05) is 39.5 Å². The maximum atomic E-state index is 8.09. The van der Waals surface area contributed by atoms with Crippen molar-refractivity contribution in [3.05, 3.63) is 81.2 Å². The van der Waals surface area contributed by atoms with Crippen LogP contribution in [0.15, 0.2) is 53.6 Å². The van der Waals surface area contributed by atoms with Gasteiger partial charge in [0.25, 0.3) is 0 Å². The third kappa shape index (κ3) is 13.8. The van der Waals surface area contributed by atoms with Crippen molar-refractivity contribution in [2.24, 2.45) is 10.8 Å². The summed E-state index contributed by atoms with van der Waals surface area (Å²) in [6.45, 7) is 9.86. The van der Waals surface area contributed by atoms with E-state index in [1.807, 2.05) is 44.2 Å². The van der Waals surface area contributed by atoms with E-state index < -0.39 is 0 Å². The SMILES string of the molecule is CCOCc1cccc(COCCN)c1.CCOCc1cccc(COCCN=[N+]=[N-])c1. The molecule has 0 heterocycles. The molecule has 0 unspecified atom stereocenters. The Morgan fingerprint density at radius 2 is 1.19 bits per heavy atom. The van der Waals surface area contributed by atoms with Gasteiger partial charge in [0.15, 0.2) is 0 Å². The summed E-state index contributed by atoms with van der Waals surface area (Å²) < 4.78 is 21.4. The van der Waals surface area contributed by atoms with Crippen LogP contribution >= 0.6 is 0 Å². The number of benzene rings is 2. The van der Waals surface area contributed by atoms with Gasteiger partial charge in [-0.05, 0) is 41.6 Å². The average molecular weight is 445 g/mol. The quantitative estimate of drug-likeness (QED) is 0.184. The fourth-order valence-electron chi connectivity index (χ4n) is 2.67. The van der Waals surface area contributed by atoms with Gasteiger partial charge in [-0.1, -0.05) is 53.6 Å². The van der Waals surface area contributed by atoms with Crippen LogP contribution in [0.25, 0.3) is 10.4 Å². The minimum absolute atomic E-state index is 0.370. The summed E-state index contributed by atoms with van der Waals surface area (Å²) in [6.07, 6.45) is 0. The Hall–Kier alpha value is -2.45. The van der Waals surface area contributed by atoms with E-state index in [0.717, 1.165) is 17.7 Å². The van der Waals surface area contributed by atoms with Crippen molar-refractivity contribution >= 4 is 0 Å². The van der Waals surface area contributed by atoms with E-state index in [1.165, 1.54) is 11.1 Å². The highest BCUT2D eigenvalue weighted by atomic mass is 16.5. The molecule has 0 spiro atoms. The molecule has 2 rings (SSSR count). The lowest BCUT2D eigenvalue weighted by molar-refractivity contribution is 0.126. The monoisotopic (exact) mass is 444 g/mol. The van der Waals surface area contributed by atoms with Gasteiger partial charge < -0.3 is 24.7 Å². The fourth-order valence-corrected chi connectivity index (χ4v) is 2.67. The molecule has 32 heavy (non-hydrogen) atoms. The first-order chi connectivity index (χ1) is 15.7. The van der Waals surface area contributed by atoms with Crippen molar-refractivity contribution in [1.82, 2.24) is 0 Å². The second kappa shape index (κ2) is 19.3. The molecular weight excluding hydrogens is 408 g/mol. The normalized spacial score (nSPS) is 10.2. The molecule has 0 saturated carbocycles. The van der Waals surface area contributed by atoms with Crippen LogP contribution in [0.3, 0.4) is 0 Å². The van der Waals surface area contributed by atoms with Crippen LogP contribution in [0.5, 0.6) is 0 Å². The lowest BCUT2D eigenvalue weighted by Crippen LogP contribution is -2.08. The molecular formula is C24H36N4O4. The molecule has 0 aliphatic heterocycles. The summed E-state index contributed by atoms with van der Waals surface area (Å²) in [5.41, 5.74) is 18.0. The van der Waals surface area contributed by atoms with E-state index in [-0.39, 0.29) is 0 Å².